The van der Waals surface area contributed by atoms with E-state index in [0.29, 0.717) is 5.88 Å². The molecule has 0 saturated carbocycles. The van der Waals surface area contributed by atoms with Crippen molar-refractivity contribution < 1.29 is 0 Å². The van der Waals surface area contributed by atoms with E-state index in [-0.39, 0.29) is 0 Å². The first-order valence-corrected chi connectivity index (χ1v) is 7.59. The molecule has 0 saturated heterocycles. The monoisotopic (exact) mass is 352 g/mol. The Hall–Kier alpha value is -1.33. The summed E-state index contributed by atoms with van der Waals surface area (Å²) < 4.78 is 4.97. The number of aryl methyl sites for hydroxylation is 3. The molecule has 0 aliphatic heterocycles. The van der Waals surface area contributed by atoms with Crippen LogP contribution < -0.4 is 0 Å². The summed E-state index contributed by atoms with van der Waals surface area (Å²) in [5.41, 5.74) is 5.03. The number of alkyl halides is 1. The normalized spacial score (nSPS) is 11.4. The summed E-state index contributed by atoms with van der Waals surface area (Å²) in [4.78, 5) is 4.63. The largest absolute Gasteiger partial charge is 0.280 e. The molecular weight excluding hydrogens is 340 g/mol. The van der Waals surface area contributed by atoms with Gasteiger partial charge in [-0.15, -0.1) is 11.6 Å². The molecule has 104 valence electrons. The van der Waals surface area contributed by atoms with Gasteiger partial charge in [-0.1, -0.05) is 22.0 Å². The first kappa shape index (κ1) is 13.6. The van der Waals surface area contributed by atoms with Crippen LogP contribution in [-0.4, -0.2) is 19.3 Å². The van der Waals surface area contributed by atoms with Crippen LogP contribution in [0.25, 0.3) is 16.9 Å². The van der Waals surface area contributed by atoms with Crippen molar-refractivity contribution >= 4 is 38.7 Å². The van der Waals surface area contributed by atoms with Gasteiger partial charge in [-0.05, 0) is 31.5 Å². The van der Waals surface area contributed by atoms with E-state index in [2.05, 4.69) is 49.6 Å². The van der Waals surface area contributed by atoms with Gasteiger partial charge < -0.3 is 0 Å². The molecule has 3 rings (SSSR count). The van der Waals surface area contributed by atoms with Crippen molar-refractivity contribution in [3.05, 3.63) is 39.8 Å². The van der Waals surface area contributed by atoms with Gasteiger partial charge >= 0.3 is 0 Å². The zero-order valence-electron chi connectivity index (χ0n) is 11.5. The summed E-state index contributed by atoms with van der Waals surface area (Å²) >= 11 is 9.61. The summed E-state index contributed by atoms with van der Waals surface area (Å²) in [6, 6.07) is 6.18. The Morgan fingerprint density at radius 2 is 2.05 bits per heavy atom. The molecule has 2 heterocycles. The fourth-order valence-corrected chi connectivity index (χ4v) is 3.01. The van der Waals surface area contributed by atoms with Crippen molar-refractivity contribution in [2.24, 2.45) is 7.05 Å². The third-order valence-electron chi connectivity index (χ3n) is 3.40. The SMILES string of the molecule is Cc1ccc(Br)cc1-n1c(CCl)nc2c(C)nn(C)c21. The Kier molecular flexibility index (Phi) is 3.34. The Balaban J connectivity index is 2.42. The first-order chi connectivity index (χ1) is 9.52. The highest BCUT2D eigenvalue weighted by Gasteiger charge is 2.19. The fourth-order valence-electron chi connectivity index (χ4n) is 2.48. The van der Waals surface area contributed by atoms with E-state index in [4.69, 9.17) is 11.6 Å². The molecule has 0 bridgehead atoms. The molecule has 0 N–H and O–H groups in total. The van der Waals surface area contributed by atoms with Crippen LogP contribution in [0, 0.1) is 13.8 Å². The van der Waals surface area contributed by atoms with E-state index >= 15 is 0 Å². The molecule has 4 nitrogen and oxygen atoms in total. The van der Waals surface area contributed by atoms with Gasteiger partial charge in [0.2, 0.25) is 0 Å². The Morgan fingerprint density at radius 3 is 2.75 bits per heavy atom. The highest BCUT2D eigenvalue weighted by molar-refractivity contribution is 9.10. The fraction of sp³-hybridized carbons (Fsp3) is 0.286. The van der Waals surface area contributed by atoms with Crippen LogP contribution in [0.15, 0.2) is 22.7 Å². The summed E-state index contributed by atoms with van der Waals surface area (Å²) in [6.45, 7) is 4.04. The third-order valence-corrected chi connectivity index (χ3v) is 4.14. The number of aromatic nitrogens is 4. The van der Waals surface area contributed by atoms with Crippen LogP contribution in [0.4, 0.5) is 0 Å². The summed E-state index contributed by atoms with van der Waals surface area (Å²) in [5, 5.41) is 4.44. The van der Waals surface area contributed by atoms with Crippen molar-refractivity contribution in [1.29, 1.82) is 0 Å². The molecule has 0 spiro atoms. The summed E-state index contributed by atoms with van der Waals surface area (Å²) in [7, 11) is 1.93. The van der Waals surface area contributed by atoms with Crippen LogP contribution in [0.5, 0.6) is 0 Å². The van der Waals surface area contributed by atoms with E-state index in [9.17, 15) is 0 Å². The van der Waals surface area contributed by atoms with E-state index in [1.165, 1.54) is 0 Å². The number of hydrogen-bond acceptors (Lipinski definition) is 2. The number of rotatable bonds is 2. The quantitative estimate of drug-likeness (QED) is 0.656. The second-order valence-corrected chi connectivity index (χ2v) is 5.99. The molecule has 0 amide bonds. The van der Waals surface area contributed by atoms with Crippen molar-refractivity contribution in [2.75, 3.05) is 0 Å². The molecule has 0 aliphatic rings. The van der Waals surface area contributed by atoms with Gasteiger partial charge in [-0.2, -0.15) is 5.10 Å². The summed E-state index contributed by atoms with van der Waals surface area (Å²) in [6.07, 6.45) is 0. The standard InChI is InChI=1S/C14H14BrClN4/c1-8-4-5-10(15)6-11(8)20-12(7-16)17-13-9(2)18-19(3)14(13)20/h4-6H,7H2,1-3H3. The van der Waals surface area contributed by atoms with Crippen molar-refractivity contribution in [2.45, 2.75) is 19.7 Å². The minimum atomic E-state index is 0.361. The lowest BCUT2D eigenvalue weighted by Gasteiger charge is -2.11. The minimum Gasteiger partial charge on any atom is -0.280 e. The zero-order valence-corrected chi connectivity index (χ0v) is 13.8. The Labute approximate surface area is 130 Å². The van der Waals surface area contributed by atoms with E-state index in [1.54, 1.807) is 0 Å². The third kappa shape index (κ3) is 1.96. The van der Waals surface area contributed by atoms with Gasteiger partial charge in [0.15, 0.2) is 5.65 Å². The lowest BCUT2D eigenvalue weighted by molar-refractivity contribution is 0.754. The molecule has 3 aromatic rings. The van der Waals surface area contributed by atoms with Crippen molar-refractivity contribution in [3.63, 3.8) is 0 Å². The topological polar surface area (TPSA) is 35.6 Å². The number of nitrogens with zero attached hydrogens (tertiary/aromatic N) is 4. The number of benzene rings is 1. The Morgan fingerprint density at radius 1 is 1.30 bits per heavy atom. The maximum absolute atomic E-state index is 6.08. The van der Waals surface area contributed by atoms with Gasteiger partial charge in [-0.25, -0.2) is 9.67 Å². The maximum atomic E-state index is 6.08. The van der Waals surface area contributed by atoms with Crippen molar-refractivity contribution in [3.8, 4) is 5.69 Å². The van der Waals surface area contributed by atoms with E-state index < -0.39 is 0 Å². The van der Waals surface area contributed by atoms with Gasteiger partial charge in [-0.3, -0.25) is 4.57 Å². The second-order valence-electron chi connectivity index (χ2n) is 4.81. The molecule has 2 aromatic heterocycles. The number of fused-ring (bicyclic) bond motifs is 1. The Bertz CT molecular complexity index is 803. The van der Waals surface area contributed by atoms with E-state index in [1.807, 2.05) is 24.7 Å². The van der Waals surface area contributed by atoms with Gasteiger partial charge in [0.1, 0.15) is 11.3 Å². The van der Waals surface area contributed by atoms with Crippen LogP contribution in [-0.2, 0) is 12.9 Å². The van der Waals surface area contributed by atoms with Gasteiger partial charge in [0.25, 0.3) is 0 Å². The lowest BCUT2D eigenvalue weighted by atomic mass is 10.2. The molecule has 0 aliphatic carbocycles. The average Bonchev–Trinajstić information content (AvgIpc) is 2.92. The van der Waals surface area contributed by atoms with Gasteiger partial charge in [0.05, 0.1) is 17.3 Å². The van der Waals surface area contributed by atoms with Crippen LogP contribution in [0.1, 0.15) is 17.1 Å². The average molecular weight is 354 g/mol. The maximum Gasteiger partial charge on any atom is 0.163 e. The van der Waals surface area contributed by atoms with E-state index in [0.717, 1.165) is 38.4 Å². The smallest absolute Gasteiger partial charge is 0.163 e. The molecule has 20 heavy (non-hydrogen) atoms. The van der Waals surface area contributed by atoms with Crippen LogP contribution in [0.2, 0.25) is 0 Å². The number of halogens is 2. The number of imidazole rings is 1. The van der Waals surface area contributed by atoms with Crippen LogP contribution in [0.3, 0.4) is 0 Å². The molecule has 0 fully saturated rings. The predicted octanol–water partition coefficient (Wildman–Crippen LogP) is 3.88. The number of hydrogen-bond donors (Lipinski definition) is 0. The van der Waals surface area contributed by atoms with Crippen molar-refractivity contribution in [1.82, 2.24) is 19.3 Å². The van der Waals surface area contributed by atoms with Gasteiger partial charge in [0, 0.05) is 11.5 Å². The van der Waals surface area contributed by atoms with Crippen LogP contribution >= 0.6 is 27.5 Å². The molecule has 6 heteroatoms. The first-order valence-electron chi connectivity index (χ1n) is 6.26. The molecule has 0 radical (unpaired) electrons. The minimum absolute atomic E-state index is 0.361. The molecule has 0 atom stereocenters. The predicted molar refractivity (Wildman–Crippen MR) is 84.6 cm³/mol. The zero-order chi connectivity index (χ0) is 14.4. The molecule has 1 aromatic carbocycles. The summed E-state index contributed by atoms with van der Waals surface area (Å²) in [5.74, 6) is 1.19. The molecular formula is C14H14BrClN4. The second kappa shape index (κ2) is 4.90. The highest BCUT2D eigenvalue weighted by Crippen LogP contribution is 2.28. The molecule has 0 unspecified atom stereocenters. The highest BCUT2D eigenvalue weighted by atomic mass is 79.9. The lowest BCUT2D eigenvalue weighted by Crippen LogP contribution is -2.05.